The Hall–Kier alpha value is -1.84. The van der Waals surface area contributed by atoms with E-state index in [0.29, 0.717) is 24.1 Å². The Morgan fingerprint density at radius 3 is 2.37 bits per heavy atom. The predicted molar refractivity (Wildman–Crippen MR) is 73.0 cm³/mol. The number of phenolic OH excluding ortho intramolecular Hbond substituents is 1. The SMILES string of the molecule is CCC1(CC)CC(=O)N(c2ccc(O)c(C)c2)C1=O. The van der Waals surface area contributed by atoms with E-state index in [-0.39, 0.29) is 24.0 Å². The fourth-order valence-corrected chi connectivity index (χ4v) is 2.64. The minimum atomic E-state index is -0.553. The van der Waals surface area contributed by atoms with E-state index in [9.17, 15) is 14.7 Å². The summed E-state index contributed by atoms with van der Waals surface area (Å²) in [6, 6.07) is 4.80. The molecule has 0 aromatic heterocycles. The molecule has 0 atom stereocenters. The maximum atomic E-state index is 12.5. The highest BCUT2D eigenvalue weighted by Gasteiger charge is 2.49. The van der Waals surface area contributed by atoms with Crippen LogP contribution in [0.15, 0.2) is 18.2 Å². The lowest BCUT2D eigenvalue weighted by Gasteiger charge is -2.23. The number of hydrogen-bond acceptors (Lipinski definition) is 3. The Balaban J connectivity index is 2.43. The summed E-state index contributed by atoms with van der Waals surface area (Å²) in [5.74, 6) is -0.105. The van der Waals surface area contributed by atoms with Crippen LogP contribution < -0.4 is 4.90 Å². The van der Waals surface area contributed by atoms with E-state index in [1.807, 2.05) is 13.8 Å². The molecule has 102 valence electrons. The summed E-state index contributed by atoms with van der Waals surface area (Å²) in [5.41, 5.74) is 0.653. The first-order valence-electron chi connectivity index (χ1n) is 6.62. The molecule has 0 spiro atoms. The molecule has 4 heteroatoms. The van der Waals surface area contributed by atoms with Gasteiger partial charge < -0.3 is 5.11 Å². The first-order valence-corrected chi connectivity index (χ1v) is 6.62. The Bertz CT molecular complexity index is 532. The number of nitrogens with zero attached hydrogens (tertiary/aromatic N) is 1. The number of benzene rings is 1. The van der Waals surface area contributed by atoms with Crippen molar-refractivity contribution in [2.75, 3.05) is 4.90 Å². The zero-order valence-corrected chi connectivity index (χ0v) is 11.6. The molecule has 0 radical (unpaired) electrons. The van der Waals surface area contributed by atoms with Crippen molar-refractivity contribution in [3.05, 3.63) is 23.8 Å². The van der Waals surface area contributed by atoms with Gasteiger partial charge in [-0.3, -0.25) is 14.5 Å². The summed E-state index contributed by atoms with van der Waals surface area (Å²) in [4.78, 5) is 26.0. The second kappa shape index (κ2) is 4.68. The second-order valence-electron chi connectivity index (χ2n) is 5.17. The van der Waals surface area contributed by atoms with Gasteiger partial charge in [0.05, 0.1) is 11.1 Å². The molecule has 2 amide bonds. The minimum absolute atomic E-state index is 0.118. The van der Waals surface area contributed by atoms with E-state index in [1.54, 1.807) is 19.1 Å². The lowest BCUT2D eigenvalue weighted by Crippen LogP contribution is -2.35. The third-order valence-electron chi connectivity index (χ3n) is 4.19. The first-order chi connectivity index (χ1) is 8.95. The second-order valence-corrected chi connectivity index (χ2v) is 5.17. The molecule has 0 unspecified atom stereocenters. The van der Waals surface area contributed by atoms with Gasteiger partial charge in [-0.2, -0.15) is 0 Å². The number of phenols is 1. The Kier molecular flexibility index (Phi) is 3.35. The molecule has 1 aromatic rings. The Labute approximate surface area is 113 Å². The zero-order valence-electron chi connectivity index (χ0n) is 11.6. The van der Waals surface area contributed by atoms with Crippen LogP contribution in [-0.2, 0) is 9.59 Å². The quantitative estimate of drug-likeness (QED) is 0.851. The predicted octanol–water partition coefficient (Wildman–Crippen LogP) is 2.77. The van der Waals surface area contributed by atoms with Crippen LogP contribution in [0.3, 0.4) is 0 Å². The Morgan fingerprint density at radius 1 is 1.26 bits per heavy atom. The molecule has 1 aliphatic heterocycles. The number of anilines is 1. The molecule has 0 aliphatic carbocycles. The molecule has 1 heterocycles. The maximum absolute atomic E-state index is 12.5. The van der Waals surface area contributed by atoms with E-state index in [1.165, 1.54) is 11.0 Å². The fraction of sp³-hybridized carbons (Fsp3) is 0.467. The third kappa shape index (κ3) is 2.01. The number of carbonyl (C=O) groups excluding carboxylic acids is 2. The molecule has 1 saturated heterocycles. The van der Waals surface area contributed by atoms with Gasteiger partial charge >= 0.3 is 0 Å². The van der Waals surface area contributed by atoms with Crippen molar-refractivity contribution < 1.29 is 14.7 Å². The third-order valence-corrected chi connectivity index (χ3v) is 4.19. The van der Waals surface area contributed by atoms with Gasteiger partial charge in [-0.05, 0) is 43.5 Å². The van der Waals surface area contributed by atoms with Crippen LogP contribution in [0.25, 0.3) is 0 Å². The van der Waals surface area contributed by atoms with Gasteiger partial charge in [0, 0.05) is 6.42 Å². The van der Waals surface area contributed by atoms with Crippen LogP contribution in [-0.4, -0.2) is 16.9 Å². The molecule has 19 heavy (non-hydrogen) atoms. The monoisotopic (exact) mass is 261 g/mol. The molecule has 4 nitrogen and oxygen atoms in total. The van der Waals surface area contributed by atoms with Gasteiger partial charge in [-0.15, -0.1) is 0 Å². The highest BCUT2D eigenvalue weighted by molar-refractivity contribution is 6.22. The van der Waals surface area contributed by atoms with E-state index < -0.39 is 5.41 Å². The summed E-state index contributed by atoms with van der Waals surface area (Å²) >= 11 is 0. The number of rotatable bonds is 3. The normalized spacial score (nSPS) is 18.2. The molecule has 1 aliphatic rings. The number of aryl methyl sites for hydroxylation is 1. The van der Waals surface area contributed by atoms with Crippen LogP contribution in [0.4, 0.5) is 5.69 Å². The molecule has 1 fully saturated rings. The topological polar surface area (TPSA) is 57.6 Å². The molecular weight excluding hydrogens is 242 g/mol. The molecule has 1 N–H and O–H groups in total. The van der Waals surface area contributed by atoms with Crippen LogP contribution >= 0.6 is 0 Å². The number of imide groups is 1. The largest absolute Gasteiger partial charge is 0.508 e. The van der Waals surface area contributed by atoms with Crippen molar-refractivity contribution in [2.24, 2.45) is 5.41 Å². The summed E-state index contributed by atoms with van der Waals surface area (Å²) < 4.78 is 0. The Morgan fingerprint density at radius 2 is 1.89 bits per heavy atom. The first kappa shape index (κ1) is 13.6. The average Bonchev–Trinajstić information content (AvgIpc) is 2.65. The summed E-state index contributed by atoms with van der Waals surface area (Å²) in [7, 11) is 0. The van der Waals surface area contributed by atoms with Crippen LogP contribution in [0.1, 0.15) is 38.7 Å². The van der Waals surface area contributed by atoms with Gasteiger partial charge in [-0.25, -0.2) is 0 Å². The van der Waals surface area contributed by atoms with Crippen molar-refractivity contribution >= 4 is 17.5 Å². The fourth-order valence-electron chi connectivity index (χ4n) is 2.64. The lowest BCUT2D eigenvalue weighted by molar-refractivity contribution is -0.126. The van der Waals surface area contributed by atoms with E-state index in [2.05, 4.69) is 0 Å². The molecule has 1 aromatic carbocycles. The van der Waals surface area contributed by atoms with Crippen molar-refractivity contribution in [3.63, 3.8) is 0 Å². The van der Waals surface area contributed by atoms with E-state index >= 15 is 0 Å². The van der Waals surface area contributed by atoms with Crippen molar-refractivity contribution in [3.8, 4) is 5.75 Å². The van der Waals surface area contributed by atoms with Gasteiger partial charge in [-0.1, -0.05) is 13.8 Å². The summed E-state index contributed by atoms with van der Waals surface area (Å²) in [6.45, 7) is 5.64. The summed E-state index contributed by atoms with van der Waals surface area (Å²) in [6.07, 6.45) is 1.61. The molecule has 0 bridgehead atoms. The average molecular weight is 261 g/mol. The van der Waals surface area contributed by atoms with Crippen LogP contribution in [0.2, 0.25) is 0 Å². The molecule has 0 saturated carbocycles. The van der Waals surface area contributed by atoms with Crippen molar-refractivity contribution in [2.45, 2.75) is 40.0 Å². The van der Waals surface area contributed by atoms with Gasteiger partial charge in [0.1, 0.15) is 5.75 Å². The standard InChI is InChI=1S/C15H19NO3/c1-4-15(5-2)9-13(18)16(14(15)19)11-6-7-12(17)10(3)8-11/h6-8,17H,4-5,9H2,1-3H3. The maximum Gasteiger partial charge on any atom is 0.240 e. The zero-order chi connectivity index (χ0) is 14.2. The molecular formula is C15H19NO3. The highest BCUT2D eigenvalue weighted by atomic mass is 16.3. The van der Waals surface area contributed by atoms with E-state index in [4.69, 9.17) is 0 Å². The number of hydrogen-bond donors (Lipinski definition) is 1. The number of amides is 2. The molecule has 2 rings (SSSR count). The number of aromatic hydroxyl groups is 1. The smallest absolute Gasteiger partial charge is 0.240 e. The van der Waals surface area contributed by atoms with Crippen molar-refractivity contribution in [1.29, 1.82) is 0 Å². The van der Waals surface area contributed by atoms with Crippen LogP contribution in [0.5, 0.6) is 5.75 Å². The van der Waals surface area contributed by atoms with Crippen molar-refractivity contribution in [1.82, 2.24) is 0 Å². The minimum Gasteiger partial charge on any atom is -0.508 e. The lowest BCUT2D eigenvalue weighted by atomic mass is 9.81. The highest BCUT2D eigenvalue weighted by Crippen LogP contribution is 2.41. The number of carbonyl (C=O) groups is 2. The van der Waals surface area contributed by atoms with Gasteiger partial charge in [0.25, 0.3) is 0 Å². The van der Waals surface area contributed by atoms with Gasteiger partial charge in [0.15, 0.2) is 0 Å². The van der Waals surface area contributed by atoms with Gasteiger partial charge in [0.2, 0.25) is 11.8 Å². The van der Waals surface area contributed by atoms with Crippen LogP contribution in [0, 0.1) is 12.3 Å². The summed E-state index contributed by atoms with van der Waals surface area (Å²) in [5, 5.41) is 9.52. The van der Waals surface area contributed by atoms with E-state index in [0.717, 1.165) is 0 Å².